The lowest BCUT2D eigenvalue weighted by Gasteiger charge is -2.04. The normalized spacial score (nSPS) is 10.2. The van der Waals surface area contributed by atoms with E-state index in [1.807, 2.05) is 11.8 Å². The summed E-state index contributed by atoms with van der Waals surface area (Å²) in [5, 5.41) is 11.8. The average Bonchev–Trinajstić information content (AvgIpc) is 2.34. The first-order valence-corrected chi connectivity index (χ1v) is 6.91. The maximum Gasteiger partial charge on any atom is 0.356 e. The van der Waals surface area contributed by atoms with E-state index < -0.39 is 5.97 Å². The van der Waals surface area contributed by atoms with E-state index in [9.17, 15) is 4.79 Å². The first-order chi connectivity index (χ1) is 8.24. The summed E-state index contributed by atoms with van der Waals surface area (Å²) in [6.45, 7) is 0.843. The second kappa shape index (κ2) is 7.89. The molecule has 5 nitrogen and oxygen atoms in total. The molecule has 0 bridgehead atoms. The molecule has 0 saturated heterocycles. The van der Waals surface area contributed by atoms with E-state index in [0.29, 0.717) is 5.82 Å². The van der Waals surface area contributed by atoms with Gasteiger partial charge in [0.15, 0.2) is 5.69 Å². The zero-order chi connectivity index (χ0) is 12.5. The molecule has 1 aromatic rings. The smallest absolute Gasteiger partial charge is 0.356 e. The van der Waals surface area contributed by atoms with Crippen molar-refractivity contribution < 1.29 is 9.90 Å². The first-order valence-electron chi connectivity index (χ1n) is 5.52. The van der Waals surface area contributed by atoms with Crippen LogP contribution in [0.3, 0.4) is 0 Å². The molecule has 0 aliphatic rings. The fraction of sp³-hybridized carbons (Fsp3) is 0.545. The Hall–Kier alpha value is -1.30. The quantitative estimate of drug-likeness (QED) is 0.693. The molecule has 0 unspecified atom stereocenters. The number of hydrogen-bond acceptors (Lipinski definition) is 5. The maximum absolute atomic E-state index is 10.5. The lowest BCUT2D eigenvalue weighted by molar-refractivity contribution is 0.0690. The minimum absolute atomic E-state index is 0.0319. The predicted octanol–water partition coefficient (Wildman–Crippen LogP) is 2.12. The van der Waals surface area contributed by atoms with Gasteiger partial charge in [-0.25, -0.2) is 14.8 Å². The topological polar surface area (TPSA) is 75.1 Å². The predicted molar refractivity (Wildman–Crippen MR) is 69.7 cm³/mol. The SMILES string of the molecule is CSCCCCCNc1cnc(C(=O)O)cn1. The number of hydrogen-bond donors (Lipinski definition) is 2. The van der Waals surface area contributed by atoms with Gasteiger partial charge in [0.2, 0.25) is 0 Å². The van der Waals surface area contributed by atoms with Crippen molar-refractivity contribution in [2.75, 3.05) is 23.9 Å². The third kappa shape index (κ3) is 5.53. The lowest BCUT2D eigenvalue weighted by atomic mass is 10.2. The van der Waals surface area contributed by atoms with Gasteiger partial charge in [-0.2, -0.15) is 11.8 Å². The third-order valence-corrected chi connectivity index (χ3v) is 2.90. The summed E-state index contributed by atoms with van der Waals surface area (Å²) in [6, 6.07) is 0. The van der Waals surface area contributed by atoms with Crippen molar-refractivity contribution in [3.05, 3.63) is 18.1 Å². The Morgan fingerprint density at radius 1 is 1.35 bits per heavy atom. The van der Waals surface area contributed by atoms with Crippen LogP contribution in [-0.2, 0) is 0 Å². The summed E-state index contributed by atoms with van der Waals surface area (Å²) < 4.78 is 0. The van der Waals surface area contributed by atoms with Gasteiger partial charge >= 0.3 is 5.97 Å². The summed E-state index contributed by atoms with van der Waals surface area (Å²) in [5.74, 6) is 0.772. The van der Waals surface area contributed by atoms with Crippen molar-refractivity contribution in [2.24, 2.45) is 0 Å². The Morgan fingerprint density at radius 2 is 2.18 bits per heavy atom. The number of anilines is 1. The van der Waals surface area contributed by atoms with Crippen LogP contribution in [0.1, 0.15) is 29.8 Å². The third-order valence-electron chi connectivity index (χ3n) is 2.20. The standard InChI is InChI=1S/C11H17N3O2S/c1-17-6-4-2-3-5-12-10-8-13-9(7-14-10)11(15)16/h7-8H,2-6H2,1H3,(H,12,14)(H,15,16). The van der Waals surface area contributed by atoms with Crippen molar-refractivity contribution in [3.63, 3.8) is 0 Å². The van der Waals surface area contributed by atoms with Crippen LogP contribution in [0, 0.1) is 0 Å². The summed E-state index contributed by atoms with van der Waals surface area (Å²) in [4.78, 5) is 18.3. The van der Waals surface area contributed by atoms with Crippen LogP contribution in [0.5, 0.6) is 0 Å². The number of carboxylic acids is 1. The van der Waals surface area contributed by atoms with Crippen LogP contribution in [0.15, 0.2) is 12.4 Å². The van der Waals surface area contributed by atoms with E-state index in [-0.39, 0.29) is 5.69 Å². The van der Waals surface area contributed by atoms with E-state index in [0.717, 1.165) is 13.0 Å². The largest absolute Gasteiger partial charge is 0.476 e. The molecule has 2 N–H and O–H groups in total. The number of aromatic nitrogens is 2. The molecule has 0 spiro atoms. The second-order valence-electron chi connectivity index (χ2n) is 3.57. The molecule has 0 aliphatic heterocycles. The molecule has 0 aromatic carbocycles. The van der Waals surface area contributed by atoms with E-state index in [4.69, 9.17) is 5.11 Å². The molecule has 1 aromatic heterocycles. The van der Waals surface area contributed by atoms with Gasteiger partial charge in [0, 0.05) is 6.54 Å². The second-order valence-corrected chi connectivity index (χ2v) is 4.56. The van der Waals surface area contributed by atoms with E-state index in [1.54, 1.807) is 0 Å². The lowest BCUT2D eigenvalue weighted by Crippen LogP contribution is -2.06. The molecular formula is C11H17N3O2S. The monoisotopic (exact) mass is 255 g/mol. The van der Waals surface area contributed by atoms with E-state index >= 15 is 0 Å². The van der Waals surface area contributed by atoms with Gasteiger partial charge in [0.05, 0.1) is 12.4 Å². The van der Waals surface area contributed by atoms with Gasteiger partial charge < -0.3 is 10.4 Å². The molecule has 0 amide bonds. The highest BCUT2D eigenvalue weighted by atomic mass is 32.2. The average molecular weight is 255 g/mol. The van der Waals surface area contributed by atoms with Crippen molar-refractivity contribution in [2.45, 2.75) is 19.3 Å². The molecule has 0 aliphatic carbocycles. The van der Waals surface area contributed by atoms with Crippen molar-refractivity contribution in [1.82, 2.24) is 9.97 Å². The molecule has 0 fully saturated rings. The summed E-state index contributed by atoms with van der Waals surface area (Å²) in [7, 11) is 0. The minimum Gasteiger partial charge on any atom is -0.476 e. The number of carbonyl (C=O) groups is 1. The number of rotatable bonds is 8. The van der Waals surface area contributed by atoms with Crippen LogP contribution < -0.4 is 5.32 Å². The van der Waals surface area contributed by atoms with Gasteiger partial charge in [-0.3, -0.25) is 0 Å². The molecule has 1 heterocycles. The van der Waals surface area contributed by atoms with Crippen LogP contribution in [0.25, 0.3) is 0 Å². The molecular weight excluding hydrogens is 238 g/mol. The summed E-state index contributed by atoms with van der Waals surface area (Å²) in [6.07, 6.45) is 8.32. The van der Waals surface area contributed by atoms with E-state index in [1.165, 1.54) is 31.0 Å². The Labute approximate surface area is 105 Å². The molecule has 17 heavy (non-hydrogen) atoms. The Kier molecular flexibility index (Phi) is 6.39. The first kappa shape index (κ1) is 13.8. The van der Waals surface area contributed by atoms with Gasteiger partial charge in [0.25, 0.3) is 0 Å². The van der Waals surface area contributed by atoms with Gasteiger partial charge in [-0.1, -0.05) is 6.42 Å². The number of unbranched alkanes of at least 4 members (excludes halogenated alkanes) is 2. The van der Waals surface area contributed by atoms with Crippen molar-refractivity contribution in [3.8, 4) is 0 Å². The fourth-order valence-corrected chi connectivity index (χ4v) is 1.79. The molecule has 94 valence electrons. The van der Waals surface area contributed by atoms with Gasteiger partial charge in [-0.15, -0.1) is 0 Å². The molecule has 0 radical (unpaired) electrons. The van der Waals surface area contributed by atoms with Crippen molar-refractivity contribution in [1.29, 1.82) is 0 Å². The number of nitrogens with one attached hydrogen (secondary N) is 1. The highest BCUT2D eigenvalue weighted by Crippen LogP contribution is 2.04. The maximum atomic E-state index is 10.5. The fourth-order valence-electron chi connectivity index (χ4n) is 1.29. The zero-order valence-electron chi connectivity index (χ0n) is 9.85. The molecule has 6 heteroatoms. The number of carboxylic acid groups (broad SMARTS) is 1. The Balaban J connectivity index is 2.21. The summed E-state index contributed by atoms with van der Waals surface area (Å²) in [5.41, 5.74) is -0.0319. The molecule has 1 rings (SSSR count). The Bertz CT molecular complexity index is 343. The van der Waals surface area contributed by atoms with Gasteiger partial charge in [-0.05, 0) is 24.9 Å². The number of thioether (sulfide) groups is 1. The van der Waals surface area contributed by atoms with Gasteiger partial charge in [0.1, 0.15) is 5.82 Å². The minimum atomic E-state index is -1.05. The van der Waals surface area contributed by atoms with Crippen LogP contribution in [0.2, 0.25) is 0 Å². The van der Waals surface area contributed by atoms with Crippen molar-refractivity contribution >= 4 is 23.5 Å². The molecule has 0 saturated carbocycles. The van der Waals surface area contributed by atoms with Crippen LogP contribution >= 0.6 is 11.8 Å². The number of aromatic carboxylic acids is 1. The number of nitrogens with zero attached hydrogens (tertiary/aromatic N) is 2. The van der Waals surface area contributed by atoms with Crippen LogP contribution in [0.4, 0.5) is 5.82 Å². The summed E-state index contributed by atoms with van der Waals surface area (Å²) >= 11 is 1.86. The Morgan fingerprint density at radius 3 is 2.76 bits per heavy atom. The zero-order valence-corrected chi connectivity index (χ0v) is 10.7. The highest BCUT2D eigenvalue weighted by molar-refractivity contribution is 7.98. The van der Waals surface area contributed by atoms with Crippen LogP contribution in [-0.4, -0.2) is 39.6 Å². The highest BCUT2D eigenvalue weighted by Gasteiger charge is 2.03. The molecule has 0 atom stereocenters. The van der Waals surface area contributed by atoms with E-state index in [2.05, 4.69) is 21.5 Å².